The third kappa shape index (κ3) is 11.3. The van der Waals surface area contributed by atoms with Crippen molar-refractivity contribution < 1.29 is 29.2 Å². The lowest BCUT2D eigenvalue weighted by molar-refractivity contribution is -0.145. The van der Waals surface area contributed by atoms with Crippen LogP contribution in [-0.2, 0) is 14.4 Å². The van der Waals surface area contributed by atoms with Crippen molar-refractivity contribution in [1.82, 2.24) is 29.9 Å². The van der Waals surface area contributed by atoms with Crippen LogP contribution in [0.3, 0.4) is 0 Å². The van der Waals surface area contributed by atoms with Gasteiger partial charge in [-0.1, -0.05) is 83.1 Å². The van der Waals surface area contributed by atoms with Gasteiger partial charge >= 0.3 is 5.97 Å². The number of carboxylic acids is 1. The molecule has 4 unspecified atom stereocenters. The molecule has 2 N–H and O–H groups in total. The summed E-state index contributed by atoms with van der Waals surface area (Å²) in [5.41, 5.74) is 4.64. The Kier molecular flexibility index (Phi) is 14.1. The smallest absolute Gasteiger partial charge is 0.306 e. The van der Waals surface area contributed by atoms with Gasteiger partial charge in [0, 0.05) is 57.3 Å². The van der Waals surface area contributed by atoms with Crippen molar-refractivity contribution in [2.75, 3.05) is 26.2 Å². The summed E-state index contributed by atoms with van der Waals surface area (Å²) < 4.78 is 5.49. The van der Waals surface area contributed by atoms with Gasteiger partial charge in [-0.3, -0.25) is 24.4 Å². The molecule has 4 aliphatic rings. The van der Waals surface area contributed by atoms with Gasteiger partial charge in [-0.05, 0) is 105 Å². The van der Waals surface area contributed by atoms with Gasteiger partial charge in [-0.15, -0.1) is 0 Å². The fraction of sp³-hybridized carbons (Fsp3) is 0.404. The van der Waals surface area contributed by atoms with Crippen molar-refractivity contribution >= 4 is 23.5 Å². The molecule has 9 rings (SSSR count). The number of benzene rings is 2. The van der Waals surface area contributed by atoms with Crippen molar-refractivity contribution in [2.45, 2.75) is 76.0 Å². The van der Waals surface area contributed by atoms with E-state index in [4.69, 9.17) is 14.8 Å². The van der Waals surface area contributed by atoms with Gasteiger partial charge in [0.25, 0.3) is 0 Å². The van der Waals surface area contributed by atoms with Crippen LogP contribution in [0.2, 0.25) is 0 Å². The predicted octanol–water partition coefficient (Wildman–Crippen LogP) is 7.81. The second kappa shape index (κ2) is 20.1. The number of piperidine rings is 2. The largest absolute Gasteiger partial charge is 0.481 e. The topological polar surface area (TPSA) is 175 Å². The molecule has 4 fully saturated rings. The number of rotatable bonds is 10. The molecule has 0 bridgehead atoms. The number of carbonyl (C=O) groups is 3. The number of carbonyl (C=O) groups excluding carboxylic acids is 2. The van der Waals surface area contributed by atoms with Crippen molar-refractivity contribution in [3.63, 3.8) is 0 Å². The highest BCUT2D eigenvalue weighted by atomic mass is 16.5. The summed E-state index contributed by atoms with van der Waals surface area (Å²) in [4.78, 5) is 52.5. The first kappa shape index (κ1) is 41.9. The number of oxime groups is 1. The second-order valence-electron chi connectivity index (χ2n) is 16.2. The number of hydrogen-bond donors (Lipinski definition) is 2. The Morgan fingerprint density at radius 3 is 1.70 bits per heavy atom. The Balaban J connectivity index is 0.000000153. The maximum absolute atomic E-state index is 12.7. The fourth-order valence-corrected chi connectivity index (χ4v) is 8.25. The third-order valence-corrected chi connectivity index (χ3v) is 12.1. The number of carboxylic acid groups (broad SMARTS) is 1. The first-order valence-corrected chi connectivity index (χ1v) is 21.0. The summed E-state index contributed by atoms with van der Waals surface area (Å²) in [7, 11) is 0. The molecule has 13 nitrogen and oxygen atoms in total. The highest BCUT2D eigenvalue weighted by molar-refractivity contribution is 5.96. The summed E-state index contributed by atoms with van der Waals surface area (Å²) in [6.07, 6.45) is 9.78. The Morgan fingerprint density at radius 1 is 0.700 bits per heavy atom. The summed E-state index contributed by atoms with van der Waals surface area (Å²) >= 11 is 0. The van der Waals surface area contributed by atoms with E-state index in [0.717, 1.165) is 38.8 Å². The molecule has 60 heavy (non-hydrogen) atoms. The highest BCUT2D eigenvalue weighted by Gasteiger charge is 2.42. The van der Waals surface area contributed by atoms with Crippen LogP contribution in [0.15, 0.2) is 119 Å². The van der Waals surface area contributed by atoms with E-state index in [9.17, 15) is 14.4 Å². The van der Waals surface area contributed by atoms with Crippen molar-refractivity contribution in [1.29, 1.82) is 0 Å². The van der Waals surface area contributed by atoms with E-state index in [-0.39, 0.29) is 23.7 Å². The minimum absolute atomic E-state index is 0.197. The molecule has 4 atom stereocenters. The number of hydrogen-bond acceptors (Lipinski definition) is 10. The van der Waals surface area contributed by atoms with E-state index < -0.39 is 5.97 Å². The van der Waals surface area contributed by atoms with E-state index in [1.165, 1.54) is 11.1 Å². The zero-order chi connectivity index (χ0) is 41.8. The average Bonchev–Trinajstić information content (AvgIpc) is 4.21. The van der Waals surface area contributed by atoms with Crippen molar-refractivity contribution in [3.8, 4) is 11.5 Å². The van der Waals surface area contributed by atoms with Crippen LogP contribution in [0.4, 0.5) is 0 Å². The zero-order valence-corrected chi connectivity index (χ0v) is 34.0. The number of pyridine rings is 2. The van der Waals surface area contributed by atoms with Gasteiger partial charge in [-0.25, -0.2) is 0 Å². The Bertz CT molecular complexity index is 2170. The Hall–Kier alpha value is -6.24. The summed E-state index contributed by atoms with van der Waals surface area (Å²) in [5, 5.41) is 24.4. The van der Waals surface area contributed by atoms with Gasteiger partial charge in [0.05, 0.1) is 11.6 Å². The molecular formula is C47H53N7O6. The van der Waals surface area contributed by atoms with E-state index in [2.05, 4.69) is 61.7 Å². The summed E-state index contributed by atoms with van der Waals surface area (Å²) in [6, 6.07) is 32.0. The number of nitrogens with zero attached hydrogens (tertiary/aromatic N) is 7. The van der Waals surface area contributed by atoms with Gasteiger partial charge in [0.1, 0.15) is 11.4 Å². The van der Waals surface area contributed by atoms with Crippen LogP contribution in [0.5, 0.6) is 0 Å². The molecule has 5 heterocycles. The summed E-state index contributed by atoms with van der Waals surface area (Å²) in [5.74, 6) is 2.93. The molecule has 0 spiro atoms. The predicted molar refractivity (Wildman–Crippen MR) is 225 cm³/mol. The van der Waals surface area contributed by atoms with Gasteiger partial charge in [0.2, 0.25) is 23.5 Å². The maximum Gasteiger partial charge on any atom is 0.306 e. The van der Waals surface area contributed by atoms with Gasteiger partial charge < -0.3 is 24.6 Å². The lowest BCUT2D eigenvalue weighted by Crippen LogP contribution is -2.40. The molecule has 2 amide bonds. The van der Waals surface area contributed by atoms with Gasteiger partial charge in [-0.2, -0.15) is 4.98 Å². The first-order valence-electron chi connectivity index (χ1n) is 21.0. The molecule has 2 aliphatic carbocycles. The van der Waals surface area contributed by atoms with Crippen LogP contribution >= 0.6 is 0 Å². The molecule has 5 aromatic rings. The van der Waals surface area contributed by atoms with E-state index in [1.54, 1.807) is 25.4 Å². The van der Waals surface area contributed by atoms with Crippen molar-refractivity contribution in [2.24, 2.45) is 22.9 Å². The second-order valence-corrected chi connectivity index (χ2v) is 16.2. The van der Waals surface area contributed by atoms with Gasteiger partial charge in [0.15, 0.2) is 0 Å². The van der Waals surface area contributed by atoms with Crippen LogP contribution in [0.1, 0.15) is 98.8 Å². The van der Waals surface area contributed by atoms with E-state index >= 15 is 0 Å². The third-order valence-electron chi connectivity index (χ3n) is 12.1. The van der Waals surface area contributed by atoms with Crippen LogP contribution in [-0.4, -0.2) is 89.9 Å². The number of aromatic nitrogens is 4. The van der Waals surface area contributed by atoms with E-state index in [0.29, 0.717) is 91.3 Å². The minimum atomic E-state index is -0.728. The molecule has 312 valence electrons. The minimum Gasteiger partial charge on any atom is -0.481 e. The van der Waals surface area contributed by atoms with Crippen LogP contribution in [0, 0.1) is 17.8 Å². The number of likely N-dealkylation sites (tertiary alicyclic amines) is 2. The standard InChI is InChI=1S/C23H24N4O2.C17H21NO3.C7H8N2O/c28-21(15-18-14-19(18)16-6-2-1-3-7-16)27-12-9-17(10-13-27)23-25-22(26-29-23)20-8-4-5-11-24-20;19-16(18-8-6-13(7-9-18)17(20)21)11-14-10-15(14)12-4-2-1-3-5-12;1-6(9-10)7-4-2-3-5-8-7/h1-8,11,17-19H,9-10,12-15H2;1-5,13-15H,6-11H2,(H,20,21);2-5,10H,1H3/b;;9-6+. The number of amides is 2. The average molecular weight is 812 g/mol. The quantitative estimate of drug-likeness (QED) is 0.0804. The SMILES string of the molecule is C/C(=N\O)c1ccccn1.O=C(CC1CC1c1ccccc1)N1CCC(c2nc(-c3ccccn3)no2)CC1.O=C(O)C1CCN(C(=O)CC2CC2c2ccccc2)CC1. The van der Waals surface area contributed by atoms with E-state index in [1.807, 2.05) is 64.4 Å². The van der Waals surface area contributed by atoms with Crippen LogP contribution in [0.25, 0.3) is 11.5 Å². The molecule has 2 aromatic carbocycles. The molecule has 3 aromatic heterocycles. The Morgan fingerprint density at radius 2 is 1.22 bits per heavy atom. The monoisotopic (exact) mass is 811 g/mol. The normalized spacial score (nSPS) is 21.4. The van der Waals surface area contributed by atoms with Crippen molar-refractivity contribution in [3.05, 3.63) is 132 Å². The Labute approximate surface area is 350 Å². The molecule has 2 aliphatic heterocycles. The lowest BCUT2D eigenvalue weighted by atomic mass is 9.96. The molecule has 13 heteroatoms. The molecule has 2 saturated heterocycles. The maximum atomic E-state index is 12.7. The lowest BCUT2D eigenvalue weighted by Gasteiger charge is -2.30. The molecular weight excluding hydrogens is 759 g/mol. The molecule has 2 saturated carbocycles. The first-order chi connectivity index (χ1) is 29.3. The fourth-order valence-electron chi connectivity index (χ4n) is 8.25. The zero-order valence-electron chi connectivity index (χ0n) is 34.0. The number of aliphatic carboxylic acids is 1. The highest BCUT2D eigenvalue weighted by Crippen LogP contribution is 2.50. The van der Waals surface area contributed by atoms with Crippen LogP contribution < -0.4 is 0 Å². The summed E-state index contributed by atoms with van der Waals surface area (Å²) in [6.45, 7) is 4.40. The molecule has 0 radical (unpaired) electrons.